The number of rotatable bonds is 5. The summed E-state index contributed by atoms with van der Waals surface area (Å²) in [6.45, 7) is 2.34. The molecule has 1 rings (SSSR count). The van der Waals surface area contributed by atoms with Crippen LogP contribution in [0.15, 0.2) is 0 Å². The van der Waals surface area contributed by atoms with Crippen molar-refractivity contribution in [3.05, 3.63) is 5.82 Å². The molecule has 0 radical (unpaired) electrons. The van der Waals surface area contributed by atoms with Gasteiger partial charge in [0.25, 0.3) is 0 Å². The molecule has 0 amide bonds. The van der Waals surface area contributed by atoms with E-state index < -0.39 is 5.97 Å². The molecule has 1 aromatic rings. The topological polar surface area (TPSA) is 77.2 Å². The van der Waals surface area contributed by atoms with Crippen molar-refractivity contribution in [3.8, 4) is 6.01 Å². The highest BCUT2D eigenvalue weighted by molar-refractivity contribution is 5.66. The highest BCUT2D eigenvalue weighted by Crippen LogP contribution is 2.06. The van der Waals surface area contributed by atoms with E-state index >= 15 is 0 Å². The van der Waals surface area contributed by atoms with Gasteiger partial charge in [-0.3, -0.25) is 4.79 Å². The first-order valence-electron chi connectivity index (χ1n) is 4.38. The molecule has 0 aliphatic carbocycles. The Morgan fingerprint density at radius 2 is 2.36 bits per heavy atom. The Morgan fingerprint density at radius 3 is 2.93 bits per heavy atom. The van der Waals surface area contributed by atoms with Gasteiger partial charge >= 0.3 is 12.0 Å². The number of carboxylic acid groups (broad SMARTS) is 1. The van der Waals surface area contributed by atoms with Crippen LogP contribution in [0.3, 0.4) is 0 Å². The first kappa shape index (κ1) is 10.5. The Bertz CT molecular complexity index is 322. The largest absolute Gasteiger partial charge is 0.481 e. The molecule has 0 fully saturated rings. The molecule has 0 spiro atoms. The molecule has 1 aromatic heterocycles. The summed E-state index contributed by atoms with van der Waals surface area (Å²) in [5, 5.41) is 12.5. The number of aromatic nitrogens is 3. The van der Waals surface area contributed by atoms with Crippen LogP contribution in [-0.2, 0) is 18.3 Å². The van der Waals surface area contributed by atoms with Crippen molar-refractivity contribution < 1.29 is 14.6 Å². The number of nitrogens with zero attached hydrogens (tertiary/aromatic N) is 3. The van der Waals surface area contributed by atoms with Crippen LogP contribution in [0.2, 0.25) is 0 Å². The van der Waals surface area contributed by atoms with Gasteiger partial charge in [-0.1, -0.05) is 0 Å². The number of aryl methyl sites for hydroxylation is 2. The minimum Gasteiger partial charge on any atom is -0.481 e. The van der Waals surface area contributed by atoms with Crippen molar-refractivity contribution in [2.45, 2.75) is 19.8 Å². The summed E-state index contributed by atoms with van der Waals surface area (Å²) in [6, 6.07) is 0.301. The zero-order valence-electron chi connectivity index (χ0n) is 8.23. The SMILES string of the molecule is CCOc1nc(CCC(=O)O)n(C)n1. The lowest BCUT2D eigenvalue weighted by atomic mass is 10.3. The summed E-state index contributed by atoms with van der Waals surface area (Å²) in [6.07, 6.45) is 0.421. The Kier molecular flexibility index (Phi) is 3.44. The fraction of sp³-hybridized carbons (Fsp3) is 0.625. The van der Waals surface area contributed by atoms with E-state index in [1.54, 1.807) is 7.05 Å². The number of hydrogen-bond acceptors (Lipinski definition) is 4. The number of hydrogen-bond donors (Lipinski definition) is 1. The van der Waals surface area contributed by atoms with Crippen molar-refractivity contribution in [3.63, 3.8) is 0 Å². The van der Waals surface area contributed by atoms with Crippen LogP contribution in [0, 0.1) is 0 Å². The highest BCUT2D eigenvalue weighted by Gasteiger charge is 2.08. The van der Waals surface area contributed by atoms with Crippen LogP contribution in [-0.4, -0.2) is 32.4 Å². The smallest absolute Gasteiger partial charge is 0.335 e. The Morgan fingerprint density at radius 1 is 1.64 bits per heavy atom. The summed E-state index contributed by atoms with van der Waals surface area (Å²) in [4.78, 5) is 14.4. The van der Waals surface area contributed by atoms with Crippen molar-refractivity contribution >= 4 is 5.97 Å². The maximum Gasteiger partial charge on any atom is 0.335 e. The molecule has 14 heavy (non-hydrogen) atoms. The molecule has 0 unspecified atom stereocenters. The van der Waals surface area contributed by atoms with Crippen LogP contribution < -0.4 is 4.74 Å². The minimum absolute atomic E-state index is 0.0537. The maximum atomic E-state index is 10.3. The fourth-order valence-corrected chi connectivity index (χ4v) is 1.02. The predicted octanol–water partition coefficient (Wildman–Crippen LogP) is 0.231. The van der Waals surface area contributed by atoms with Crippen molar-refractivity contribution in [2.75, 3.05) is 6.61 Å². The Labute approximate surface area is 81.5 Å². The second kappa shape index (κ2) is 4.59. The Hall–Kier alpha value is -1.59. The van der Waals surface area contributed by atoms with Crippen LogP contribution in [0.4, 0.5) is 0 Å². The standard InChI is InChI=1S/C8H13N3O3/c1-3-14-8-9-6(11(2)10-8)4-5-7(12)13/h3-5H2,1-2H3,(H,12,13). The van der Waals surface area contributed by atoms with Gasteiger partial charge in [-0.25, -0.2) is 4.68 Å². The molecule has 1 N–H and O–H groups in total. The zero-order chi connectivity index (χ0) is 10.6. The lowest BCUT2D eigenvalue weighted by molar-refractivity contribution is -0.137. The first-order chi connectivity index (χ1) is 6.63. The molecule has 1 heterocycles. The van der Waals surface area contributed by atoms with Gasteiger partial charge in [0.2, 0.25) is 0 Å². The third-order valence-electron chi connectivity index (χ3n) is 1.67. The van der Waals surface area contributed by atoms with Gasteiger partial charge in [0.15, 0.2) is 0 Å². The molecule has 6 nitrogen and oxygen atoms in total. The van der Waals surface area contributed by atoms with E-state index in [1.807, 2.05) is 6.92 Å². The van der Waals surface area contributed by atoms with Crippen LogP contribution >= 0.6 is 0 Å². The van der Waals surface area contributed by atoms with E-state index in [4.69, 9.17) is 9.84 Å². The van der Waals surface area contributed by atoms with Crippen molar-refractivity contribution in [1.29, 1.82) is 0 Å². The van der Waals surface area contributed by atoms with E-state index in [1.165, 1.54) is 4.68 Å². The van der Waals surface area contributed by atoms with Crippen molar-refractivity contribution in [2.24, 2.45) is 7.05 Å². The van der Waals surface area contributed by atoms with Gasteiger partial charge < -0.3 is 9.84 Å². The van der Waals surface area contributed by atoms with Gasteiger partial charge in [0.1, 0.15) is 5.82 Å². The second-order valence-electron chi connectivity index (χ2n) is 2.76. The van der Waals surface area contributed by atoms with E-state index in [-0.39, 0.29) is 6.42 Å². The average Bonchev–Trinajstić information content (AvgIpc) is 2.44. The molecule has 78 valence electrons. The lowest BCUT2D eigenvalue weighted by Crippen LogP contribution is -2.03. The summed E-state index contributed by atoms with van der Waals surface area (Å²) in [5.74, 6) is -0.221. The molecular formula is C8H13N3O3. The molecule has 0 aromatic carbocycles. The fourth-order valence-electron chi connectivity index (χ4n) is 1.02. The highest BCUT2D eigenvalue weighted by atomic mass is 16.5. The van der Waals surface area contributed by atoms with Gasteiger partial charge in [0.05, 0.1) is 13.0 Å². The molecule has 0 aliphatic heterocycles. The number of carbonyl (C=O) groups is 1. The van der Waals surface area contributed by atoms with E-state index in [0.29, 0.717) is 24.9 Å². The van der Waals surface area contributed by atoms with Gasteiger partial charge in [-0.2, -0.15) is 4.98 Å². The molecule has 0 bridgehead atoms. The van der Waals surface area contributed by atoms with Crippen LogP contribution in [0.25, 0.3) is 0 Å². The summed E-state index contributed by atoms with van der Waals surface area (Å²) in [7, 11) is 1.71. The van der Waals surface area contributed by atoms with Crippen molar-refractivity contribution in [1.82, 2.24) is 14.8 Å². The van der Waals surface area contributed by atoms with E-state index in [2.05, 4.69) is 10.1 Å². The minimum atomic E-state index is -0.842. The monoisotopic (exact) mass is 199 g/mol. The Balaban J connectivity index is 2.62. The first-order valence-corrected chi connectivity index (χ1v) is 4.38. The van der Waals surface area contributed by atoms with Crippen LogP contribution in [0.1, 0.15) is 19.2 Å². The number of ether oxygens (including phenoxy) is 1. The molecular weight excluding hydrogens is 186 g/mol. The van der Waals surface area contributed by atoms with Gasteiger partial charge in [-0.05, 0) is 6.92 Å². The number of aliphatic carboxylic acids is 1. The molecule has 0 saturated carbocycles. The van der Waals surface area contributed by atoms with E-state index in [9.17, 15) is 4.79 Å². The molecule has 6 heteroatoms. The normalized spacial score (nSPS) is 10.1. The second-order valence-corrected chi connectivity index (χ2v) is 2.76. The maximum absolute atomic E-state index is 10.3. The zero-order valence-corrected chi connectivity index (χ0v) is 8.23. The van der Waals surface area contributed by atoms with Crippen LogP contribution in [0.5, 0.6) is 6.01 Å². The summed E-state index contributed by atoms with van der Waals surface area (Å²) < 4.78 is 6.62. The average molecular weight is 199 g/mol. The number of carboxylic acids is 1. The predicted molar refractivity (Wildman–Crippen MR) is 48.1 cm³/mol. The third kappa shape index (κ3) is 2.72. The molecule has 0 saturated heterocycles. The summed E-state index contributed by atoms with van der Waals surface area (Å²) >= 11 is 0. The molecule has 0 atom stereocenters. The third-order valence-corrected chi connectivity index (χ3v) is 1.67. The lowest BCUT2D eigenvalue weighted by Gasteiger charge is -1.94. The quantitative estimate of drug-likeness (QED) is 0.734. The molecule has 0 aliphatic rings. The summed E-state index contributed by atoms with van der Waals surface area (Å²) in [5.41, 5.74) is 0. The van der Waals surface area contributed by atoms with E-state index in [0.717, 1.165) is 0 Å². The van der Waals surface area contributed by atoms with Gasteiger partial charge in [-0.15, -0.1) is 5.10 Å². The van der Waals surface area contributed by atoms with Gasteiger partial charge in [0, 0.05) is 13.5 Å².